The van der Waals surface area contributed by atoms with Gasteiger partial charge in [-0.2, -0.15) is 11.8 Å². The van der Waals surface area contributed by atoms with Crippen molar-refractivity contribution in [2.75, 3.05) is 38.7 Å². The first kappa shape index (κ1) is 23.7. The summed E-state index contributed by atoms with van der Waals surface area (Å²) in [4.78, 5) is 4.57. The maximum Gasteiger partial charge on any atom is 0.211 e. The molecule has 6 nitrogen and oxygen atoms in total. The summed E-state index contributed by atoms with van der Waals surface area (Å²) in [7, 11) is -3.16. The van der Waals surface area contributed by atoms with E-state index in [0.29, 0.717) is 38.6 Å². The number of nitrogens with one attached hydrogen (secondary N) is 2. The Morgan fingerprint density at radius 2 is 2.00 bits per heavy atom. The summed E-state index contributed by atoms with van der Waals surface area (Å²) in [5.74, 6) is 1.17. The Labute approximate surface area is 167 Å². The SMILES string of the molecule is CCNC(=NCc1ccc(F)cc1CSC)NCCCN(CC)S(C)(=O)=O. The van der Waals surface area contributed by atoms with E-state index in [9.17, 15) is 12.8 Å². The van der Waals surface area contributed by atoms with Crippen LogP contribution in [0.3, 0.4) is 0 Å². The van der Waals surface area contributed by atoms with Gasteiger partial charge in [-0.25, -0.2) is 22.1 Å². The van der Waals surface area contributed by atoms with Gasteiger partial charge in [0.2, 0.25) is 10.0 Å². The molecule has 0 aliphatic rings. The third-order valence-electron chi connectivity index (χ3n) is 3.92. The van der Waals surface area contributed by atoms with Gasteiger partial charge in [0.15, 0.2) is 5.96 Å². The van der Waals surface area contributed by atoms with Crippen molar-refractivity contribution in [3.8, 4) is 0 Å². The Bertz CT molecular complexity index is 711. The minimum absolute atomic E-state index is 0.233. The number of aliphatic imine (C=N–C) groups is 1. The van der Waals surface area contributed by atoms with Gasteiger partial charge in [0, 0.05) is 31.9 Å². The minimum Gasteiger partial charge on any atom is -0.357 e. The van der Waals surface area contributed by atoms with Crippen molar-refractivity contribution < 1.29 is 12.8 Å². The van der Waals surface area contributed by atoms with Gasteiger partial charge in [-0.1, -0.05) is 13.0 Å². The lowest BCUT2D eigenvalue weighted by Crippen LogP contribution is -2.39. The molecule has 0 spiro atoms. The van der Waals surface area contributed by atoms with Crippen molar-refractivity contribution in [1.82, 2.24) is 14.9 Å². The van der Waals surface area contributed by atoms with Gasteiger partial charge in [0.05, 0.1) is 12.8 Å². The highest BCUT2D eigenvalue weighted by Crippen LogP contribution is 2.17. The van der Waals surface area contributed by atoms with Crippen LogP contribution in [0.1, 0.15) is 31.4 Å². The molecule has 1 rings (SSSR count). The van der Waals surface area contributed by atoms with Crippen molar-refractivity contribution in [2.24, 2.45) is 4.99 Å². The van der Waals surface area contributed by atoms with E-state index in [2.05, 4.69) is 15.6 Å². The zero-order valence-electron chi connectivity index (χ0n) is 16.6. The van der Waals surface area contributed by atoms with Crippen LogP contribution in [-0.4, -0.2) is 57.4 Å². The van der Waals surface area contributed by atoms with Crippen LogP contribution >= 0.6 is 11.8 Å². The van der Waals surface area contributed by atoms with E-state index < -0.39 is 10.0 Å². The fourth-order valence-electron chi connectivity index (χ4n) is 2.57. The zero-order valence-corrected chi connectivity index (χ0v) is 18.2. The number of thioether (sulfide) groups is 1. The molecule has 0 saturated heterocycles. The molecular formula is C18H31FN4O2S2. The van der Waals surface area contributed by atoms with Crippen LogP contribution in [-0.2, 0) is 22.3 Å². The fourth-order valence-corrected chi connectivity index (χ4v) is 4.07. The quantitative estimate of drug-likeness (QED) is 0.328. The van der Waals surface area contributed by atoms with E-state index in [4.69, 9.17) is 0 Å². The van der Waals surface area contributed by atoms with Crippen molar-refractivity contribution in [2.45, 2.75) is 32.6 Å². The number of halogens is 1. The van der Waals surface area contributed by atoms with Gasteiger partial charge in [0.1, 0.15) is 5.82 Å². The molecule has 0 radical (unpaired) electrons. The molecule has 0 heterocycles. The lowest BCUT2D eigenvalue weighted by atomic mass is 10.1. The predicted octanol–water partition coefficient (Wildman–Crippen LogP) is 2.42. The highest BCUT2D eigenvalue weighted by atomic mass is 32.2. The second-order valence-electron chi connectivity index (χ2n) is 6.08. The molecule has 27 heavy (non-hydrogen) atoms. The van der Waals surface area contributed by atoms with Crippen LogP contribution in [0.25, 0.3) is 0 Å². The summed E-state index contributed by atoms with van der Waals surface area (Å²) in [6.07, 6.45) is 3.89. The van der Waals surface area contributed by atoms with Gasteiger partial charge in [-0.15, -0.1) is 0 Å². The number of benzene rings is 1. The average Bonchev–Trinajstić information content (AvgIpc) is 2.60. The Hall–Kier alpha value is -1.32. The van der Waals surface area contributed by atoms with Gasteiger partial charge < -0.3 is 10.6 Å². The van der Waals surface area contributed by atoms with Crippen LogP contribution < -0.4 is 10.6 Å². The van der Waals surface area contributed by atoms with Crippen LogP contribution in [0.15, 0.2) is 23.2 Å². The molecule has 0 atom stereocenters. The van der Waals surface area contributed by atoms with E-state index in [-0.39, 0.29) is 5.82 Å². The molecule has 0 aliphatic heterocycles. The summed E-state index contributed by atoms with van der Waals surface area (Å²) >= 11 is 1.65. The lowest BCUT2D eigenvalue weighted by molar-refractivity contribution is 0.424. The number of rotatable bonds is 11. The van der Waals surface area contributed by atoms with Gasteiger partial charge >= 0.3 is 0 Å². The summed E-state index contributed by atoms with van der Waals surface area (Å²) in [6.45, 7) is 6.53. The average molecular weight is 419 g/mol. The van der Waals surface area contributed by atoms with Crippen LogP contribution in [0.5, 0.6) is 0 Å². The molecule has 1 aromatic rings. The van der Waals surface area contributed by atoms with E-state index >= 15 is 0 Å². The van der Waals surface area contributed by atoms with Crippen LogP contribution in [0.2, 0.25) is 0 Å². The summed E-state index contributed by atoms with van der Waals surface area (Å²) in [5, 5.41) is 6.40. The van der Waals surface area contributed by atoms with Crippen molar-refractivity contribution in [1.29, 1.82) is 0 Å². The highest BCUT2D eigenvalue weighted by Gasteiger charge is 2.13. The molecule has 0 saturated carbocycles. The third kappa shape index (κ3) is 8.94. The molecule has 0 fully saturated rings. The van der Waals surface area contributed by atoms with Crippen molar-refractivity contribution in [3.05, 3.63) is 35.1 Å². The molecule has 0 unspecified atom stereocenters. The van der Waals surface area contributed by atoms with Gasteiger partial charge in [-0.05, 0) is 42.9 Å². The second kappa shape index (κ2) is 12.2. The lowest BCUT2D eigenvalue weighted by Gasteiger charge is -2.18. The molecule has 154 valence electrons. The minimum atomic E-state index is -3.16. The number of sulfonamides is 1. The van der Waals surface area contributed by atoms with E-state index in [1.807, 2.05) is 20.1 Å². The summed E-state index contributed by atoms with van der Waals surface area (Å²) < 4.78 is 38.1. The first-order chi connectivity index (χ1) is 12.8. The molecule has 9 heteroatoms. The Morgan fingerprint density at radius 1 is 1.26 bits per heavy atom. The molecule has 0 aliphatic carbocycles. The molecule has 0 bridgehead atoms. The van der Waals surface area contributed by atoms with E-state index in [1.54, 1.807) is 23.9 Å². The molecule has 1 aromatic carbocycles. The van der Waals surface area contributed by atoms with Crippen LogP contribution in [0, 0.1) is 5.82 Å². The zero-order chi connectivity index (χ0) is 20.3. The fraction of sp³-hybridized carbons (Fsp3) is 0.611. The summed E-state index contributed by atoms with van der Waals surface area (Å²) in [5.41, 5.74) is 1.95. The first-order valence-corrected chi connectivity index (χ1v) is 12.3. The first-order valence-electron chi connectivity index (χ1n) is 9.05. The second-order valence-corrected chi connectivity index (χ2v) is 8.92. The number of nitrogens with zero attached hydrogens (tertiary/aromatic N) is 2. The Balaban J connectivity index is 2.65. The predicted molar refractivity (Wildman–Crippen MR) is 113 cm³/mol. The van der Waals surface area contributed by atoms with Gasteiger partial charge in [0.25, 0.3) is 0 Å². The maximum absolute atomic E-state index is 13.5. The Morgan fingerprint density at radius 3 is 2.59 bits per heavy atom. The number of guanidine groups is 1. The topological polar surface area (TPSA) is 73.8 Å². The number of hydrogen-bond donors (Lipinski definition) is 2. The smallest absolute Gasteiger partial charge is 0.211 e. The standard InChI is InChI=1S/C18H31FN4O2S2/c1-5-20-18(21-10-7-11-23(6-2)27(4,24)25)22-13-15-8-9-17(19)12-16(15)14-26-3/h8-9,12H,5-7,10-11,13-14H2,1-4H3,(H2,20,21,22). The largest absolute Gasteiger partial charge is 0.357 e. The molecule has 0 aromatic heterocycles. The van der Waals surface area contributed by atoms with Gasteiger partial charge in [-0.3, -0.25) is 0 Å². The van der Waals surface area contributed by atoms with Crippen LogP contribution in [0.4, 0.5) is 4.39 Å². The monoisotopic (exact) mass is 418 g/mol. The summed E-state index contributed by atoms with van der Waals surface area (Å²) in [6, 6.07) is 4.80. The van der Waals surface area contributed by atoms with Crippen molar-refractivity contribution in [3.63, 3.8) is 0 Å². The normalized spacial score (nSPS) is 12.4. The molecule has 0 amide bonds. The van der Waals surface area contributed by atoms with E-state index in [0.717, 1.165) is 23.4 Å². The highest BCUT2D eigenvalue weighted by molar-refractivity contribution is 7.97. The Kier molecular flexibility index (Phi) is 10.7. The third-order valence-corrected chi connectivity index (χ3v) is 5.90. The molecular weight excluding hydrogens is 387 g/mol. The van der Waals surface area contributed by atoms with E-state index in [1.165, 1.54) is 16.6 Å². The van der Waals surface area contributed by atoms with Crippen molar-refractivity contribution >= 4 is 27.7 Å². The number of hydrogen-bond acceptors (Lipinski definition) is 4. The molecule has 2 N–H and O–H groups in total. The maximum atomic E-state index is 13.5.